The minimum absolute atomic E-state index is 0.0727. The van der Waals surface area contributed by atoms with Crippen molar-refractivity contribution in [1.29, 1.82) is 0 Å². The van der Waals surface area contributed by atoms with Gasteiger partial charge in [-0.25, -0.2) is 0 Å². The van der Waals surface area contributed by atoms with Crippen molar-refractivity contribution in [3.05, 3.63) is 52.3 Å². The normalized spacial score (nSPS) is 17.5. The molecule has 0 fully saturated rings. The second kappa shape index (κ2) is 7.18. The third-order valence-corrected chi connectivity index (χ3v) is 5.01. The summed E-state index contributed by atoms with van der Waals surface area (Å²) in [4.78, 5) is 15.0. The van der Waals surface area contributed by atoms with Crippen LogP contribution in [0.2, 0.25) is 0 Å². The van der Waals surface area contributed by atoms with Gasteiger partial charge < -0.3 is 5.32 Å². The van der Waals surface area contributed by atoms with Crippen LogP contribution >= 0.6 is 0 Å². The molecule has 0 radical (unpaired) electrons. The lowest BCUT2D eigenvalue weighted by Gasteiger charge is -2.35. The van der Waals surface area contributed by atoms with Gasteiger partial charge in [-0.05, 0) is 49.9 Å². The molecule has 5 heteroatoms. The number of nitrogens with one attached hydrogen (secondary N) is 2. The van der Waals surface area contributed by atoms with Crippen molar-refractivity contribution < 1.29 is 4.79 Å². The Balaban J connectivity index is 1.62. The zero-order chi connectivity index (χ0) is 17.1. The number of hydrogen-bond donors (Lipinski definition) is 2. The maximum absolute atomic E-state index is 12.7. The molecule has 128 valence electrons. The minimum atomic E-state index is -0.0727. The number of fused-ring (bicyclic) bond motifs is 1. The summed E-state index contributed by atoms with van der Waals surface area (Å²) in [6.07, 6.45) is 1.61. The Bertz CT molecular complexity index is 702. The first-order chi connectivity index (χ1) is 11.6. The third-order valence-electron chi connectivity index (χ3n) is 5.01. The van der Waals surface area contributed by atoms with Crippen LogP contribution in [0.25, 0.3) is 0 Å². The summed E-state index contributed by atoms with van der Waals surface area (Å²) in [6, 6.07) is 8.36. The van der Waals surface area contributed by atoms with Crippen molar-refractivity contribution in [2.75, 3.05) is 13.1 Å². The molecule has 24 heavy (non-hydrogen) atoms. The van der Waals surface area contributed by atoms with Gasteiger partial charge >= 0.3 is 0 Å². The van der Waals surface area contributed by atoms with Crippen LogP contribution in [-0.4, -0.2) is 40.1 Å². The highest BCUT2D eigenvalue weighted by Gasteiger charge is 2.30. The average molecular weight is 326 g/mol. The lowest BCUT2D eigenvalue weighted by atomic mass is 9.93. The van der Waals surface area contributed by atoms with Crippen LogP contribution in [0, 0.1) is 13.8 Å². The van der Waals surface area contributed by atoms with Gasteiger partial charge in [0, 0.05) is 18.8 Å². The minimum Gasteiger partial charge on any atom is -0.354 e. The molecule has 1 aliphatic heterocycles. The Morgan fingerprint density at radius 3 is 2.75 bits per heavy atom. The topological polar surface area (TPSA) is 61.0 Å². The number of rotatable bonds is 5. The Morgan fingerprint density at radius 2 is 2.08 bits per heavy atom. The van der Waals surface area contributed by atoms with E-state index in [1.54, 1.807) is 0 Å². The Morgan fingerprint density at radius 1 is 1.33 bits per heavy atom. The molecular formula is C19H26N4O. The fourth-order valence-corrected chi connectivity index (χ4v) is 3.54. The van der Waals surface area contributed by atoms with Crippen molar-refractivity contribution in [3.63, 3.8) is 0 Å². The molecule has 1 amide bonds. The van der Waals surface area contributed by atoms with Crippen LogP contribution in [0.1, 0.15) is 35.0 Å². The van der Waals surface area contributed by atoms with Crippen molar-refractivity contribution in [1.82, 2.24) is 20.4 Å². The molecule has 2 N–H and O–H groups in total. The van der Waals surface area contributed by atoms with Gasteiger partial charge in [0.2, 0.25) is 5.91 Å². The van der Waals surface area contributed by atoms with Crippen molar-refractivity contribution >= 4 is 5.91 Å². The quantitative estimate of drug-likeness (QED) is 0.885. The van der Waals surface area contributed by atoms with Gasteiger partial charge in [0.15, 0.2) is 0 Å². The van der Waals surface area contributed by atoms with Crippen LogP contribution in [0.15, 0.2) is 24.3 Å². The Labute approximate surface area is 143 Å². The van der Waals surface area contributed by atoms with E-state index in [9.17, 15) is 4.79 Å². The number of H-pyrrole nitrogens is 1. The van der Waals surface area contributed by atoms with E-state index in [0.717, 1.165) is 37.3 Å². The number of aromatic nitrogens is 2. The number of nitrogens with zero attached hydrogens (tertiary/aromatic N) is 2. The number of benzene rings is 1. The van der Waals surface area contributed by atoms with E-state index < -0.39 is 0 Å². The monoisotopic (exact) mass is 326 g/mol. The van der Waals surface area contributed by atoms with Gasteiger partial charge in [0.25, 0.3) is 0 Å². The molecule has 0 spiro atoms. The van der Waals surface area contributed by atoms with Gasteiger partial charge in [-0.1, -0.05) is 31.2 Å². The molecule has 2 aromatic rings. The van der Waals surface area contributed by atoms with Gasteiger partial charge in [0.1, 0.15) is 0 Å². The van der Waals surface area contributed by atoms with Gasteiger partial charge in [-0.3, -0.25) is 14.8 Å². The fraction of sp³-hybridized carbons (Fsp3) is 0.474. The molecule has 1 aliphatic rings. The zero-order valence-corrected chi connectivity index (χ0v) is 14.7. The first-order valence-electron chi connectivity index (χ1n) is 8.69. The van der Waals surface area contributed by atoms with Crippen LogP contribution in [-0.2, 0) is 24.2 Å². The van der Waals surface area contributed by atoms with E-state index in [1.807, 2.05) is 13.8 Å². The molecule has 1 atom stereocenters. The van der Waals surface area contributed by atoms with Crippen LogP contribution < -0.4 is 5.32 Å². The summed E-state index contributed by atoms with van der Waals surface area (Å²) < 4.78 is 0. The predicted octanol–water partition coefficient (Wildman–Crippen LogP) is 2.13. The maximum atomic E-state index is 12.7. The molecule has 0 bridgehead atoms. The number of aryl methyl sites for hydroxylation is 2. The van der Waals surface area contributed by atoms with Crippen molar-refractivity contribution in [3.8, 4) is 0 Å². The summed E-state index contributed by atoms with van der Waals surface area (Å²) in [6.45, 7) is 8.52. The summed E-state index contributed by atoms with van der Waals surface area (Å²) in [5, 5.41) is 10.3. The van der Waals surface area contributed by atoms with E-state index in [1.165, 1.54) is 16.7 Å². The number of hydrogen-bond acceptors (Lipinski definition) is 3. The summed E-state index contributed by atoms with van der Waals surface area (Å²) in [5.41, 5.74) is 5.95. The number of carbonyl (C=O) groups is 1. The number of aromatic amines is 1. The lowest BCUT2D eigenvalue weighted by molar-refractivity contribution is -0.126. The molecule has 3 rings (SSSR count). The zero-order valence-electron chi connectivity index (χ0n) is 14.7. The first-order valence-corrected chi connectivity index (χ1v) is 8.69. The molecule has 0 saturated heterocycles. The third kappa shape index (κ3) is 3.36. The molecule has 1 unspecified atom stereocenters. The van der Waals surface area contributed by atoms with E-state index in [2.05, 4.69) is 51.6 Å². The Hall–Kier alpha value is -2.14. The van der Waals surface area contributed by atoms with Crippen LogP contribution in [0.4, 0.5) is 0 Å². The standard InChI is InChI=1S/C19H26N4O/c1-4-23-12-16-8-6-5-7-15(16)11-18(23)19(24)20-10-9-17-13(2)21-22-14(17)3/h5-8,18H,4,9-12H2,1-3H3,(H,20,24)(H,21,22). The number of carbonyl (C=O) groups excluding carboxylic acids is 1. The van der Waals surface area contributed by atoms with E-state index in [4.69, 9.17) is 0 Å². The second-order valence-electron chi connectivity index (χ2n) is 6.51. The van der Waals surface area contributed by atoms with Gasteiger partial charge in [-0.2, -0.15) is 5.10 Å². The molecule has 0 saturated carbocycles. The smallest absolute Gasteiger partial charge is 0.237 e. The fourth-order valence-electron chi connectivity index (χ4n) is 3.54. The first kappa shape index (κ1) is 16.7. The van der Waals surface area contributed by atoms with E-state index in [0.29, 0.717) is 6.54 Å². The molecule has 5 nitrogen and oxygen atoms in total. The van der Waals surface area contributed by atoms with Crippen LogP contribution in [0.5, 0.6) is 0 Å². The maximum Gasteiger partial charge on any atom is 0.237 e. The molecule has 0 aliphatic carbocycles. The SMILES string of the molecule is CCN1Cc2ccccc2CC1C(=O)NCCc1c(C)n[nH]c1C. The molecule has 1 aromatic carbocycles. The lowest BCUT2D eigenvalue weighted by Crippen LogP contribution is -2.50. The second-order valence-corrected chi connectivity index (χ2v) is 6.51. The van der Waals surface area contributed by atoms with Crippen molar-refractivity contribution in [2.45, 2.75) is 46.2 Å². The van der Waals surface area contributed by atoms with Gasteiger partial charge in [-0.15, -0.1) is 0 Å². The Kier molecular flexibility index (Phi) is 5.00. The van der Waals surface area contributed by atoms with Gasteiger partial charge in [0.05, 0.1) is 11.7 Å². The summed E-state index contributed by atoms with van der Waals surface area (Å²) in [7, 11) is 0. The van der Waals surface area contributed by atoms with E-state index >= 15 is 0 Å². The molecule has 1 aromatic heterocycles. The number of amides is 1. The van der Waals surface area contributed by atoms with Crippen LogP contribution in [0.3, 0.4) is 0 Å². The summed E-state index contributed by atoms with van der Waals surface area (Å²) >= 11 is 0. The molecule has 2 heterocycles. The average Bonchev–Trinajstić information content (AvgIpc) is 2.92. The highest BCUT2D eigenvalue weighted by atomic mass is 16.2. The van der Waals surface area contributed by atoms with Crippen molar-refractivity contribution in [2.24, 2.45) is 0 Å². The largest absolute Gasteiger partial charge is 0.354 e. The van der Waals surface area contributed by atoms with E-state index in [-0.39, 0.29) is 11.9 Å². The molecular weight excluding hydrogens is 300 g/mol. The predicted molar refractivity (Wildman–Crippen MR) is 94.8 cm³/mol. The highest BCUT2D eigenvalue weighted by molar-refractivity contribution is 5.82. The summed E-state index contributed by atoms with van der Waals surface area (Å²) in [5.74, 6) is 0.130. The highest BCUT2D eigenvalue weighted by Crippen LogP contribution is 2.23. The number of likely N-dealkylation sites (N-methyl/N-ethyl adjacent to an activating group) is 1.